The Labute approximate surface area is 81.0 Å². The van der Waals surface area contributed by atoms with E-state index in [4.69, 9.17) is 5.73 Å². The van der Waals surface area contributed by atoms with Gasteiger partial charge in [-0.05, 0) is 6.42 Å². The summed E-state index contributed by atoms with van der Waals surface area (Å²) < 4.78 is 13.1. The molecular weight excluding hydrogens is 189 g/mol. The molecule has 0 aliphatic rings. The fourth-order valence-corrected chi connectivity index (χ4v) is 1.58. The van der Waals surface area contributed by atoms with E-state index in [0.717, 1.165) is 12.6 Å². The number of nitrogen functional groups attached to an aromatic ring is 1. The van der Waals surface area contributed by atoms with Crippen molar-refractivity contribution in [2.24, 2.45) is 0 Å². The number of nitrogens with zero attached hydrogens (tertiary/aromatic N) is 2. The quantitative estimate of drug-likeness (QED) is 0.601. The van der Waals surface area contributed by atoms with Crippen LogP contribution < -0.4 is 5.73 Å². The molecule has 1 aromatic rings. The fraction of sp³-hybridized carbons (Fsp3) is 0.500. The lowest BCUT2D eigenvalue weighted by atomic mass is 10.4. The molecule has 72 valence electrons. The van der Waals surface area contributed by atoms with Crippen LogP contribution in [0.15, 0.2) is 11.2 Å². The molecule has 1 heterocycles. The summed E-state index contributed by atoms with van der Waals surface area (Å²) >= 11 is 1.38. The largest absolute Gasteiger partial charge is 0.368 e. The average Bonchev–Trinajstić information content (AvgIpc) is 2.11. The summed E-state index contributed by atoms with van der Waals surface area (Å²) in [5.74, 6) is -0.285. The van der Waals surface area contributed by atoms with E-state index in [2.05, 4.69) is 9.97 Å². The highest BCUT2D eigenvalue weighted by Crippen LogP contribution is 2.25. The van der Waals surface area contributed by atoms with Gasteiger partial charge in [-0.3, -0.25) is 0 Å². The summed E-state index contributed by atoms with van der Waals surface area (Å²) in [5.41, 5.74) is 5.34. The highest BCUT2D eigenvalue weighted by molar-refractivity contribution is 7.99. The maximum absolute atomic E-state index is 13.1. The zero-order chi connectivity index (χ0) is 9.84. The number of halogens is 1. The van der Waals surface area contributed by atoms with E-state index in [1.54, 1.807) is 0 Å². The topological polar surface area (TPSA) is 51.8 Å². The Kier molecular flexibility index (Phi) is 3.48. The number of aromatic nitrogens is 2. The van der Waals surface area contributed by atoms with Crippen LogP contribution in [0.2, 0.25) is 0 Å². The summed E-state index contributed by atoms with van der Waals surface area (Å²) in [5, 5.41) is 0.672. The van der Waals surface area contributed by atoms with E-state index in [0.29, 0.717) is 10.3 Å². The van der Waals surface area contributed by atoms with Crippen LogP contribution in [0.25, 0.3) is 0 Å². The van der Waals surface area contributed by atoms with Crippen LogP contribution in [0.1, 0.15) is 20.3 Å². The van der Waals surface area contributed by atoms with Crippen LogP contribution in [0.3, 0.4) is 0 Å². The van der Waals surface area contributed by atoms with Crippen molar-refractivity contribution in [2.75, 3.05) is 5.73 Å². The molecule has 0 radical (unpaired) electrons. The minimum atomic E-state index is -0.403. The Morgan fingerprint density at radius 2 is 2.38 bits per heavy atom. The third-order valence-corrected chi connectivity index (χ3v) is 2.86. The van der Waals surface area contributed by atoms with Crippen molar-refractivity contribution in [1.82, 2.24) is 9.97 Å². The third-order valence-electron chi connectivity index (χ3n) is 1.62. The fourth-order valence-electron chi connectivity index (χ4n) is 0.721. The predicted molar refractivity (Wildman–Crippen MR) is 52.0 cm³/mol. The lowest BCUT2D eigenvalue weighted by Gasteiger charge is -2.07. The highest BCUT2D eigenvalue weighted by Gasteiger charge is 2.09. The smallest absolute Gasteiger partial charge is 0.221 e. The van der Waals surface area contributed by atoms with Crippen molar-refractivity contribution in [1.29, 1.82) is 0 Å². The van der Waals surface area contributed by atoms with Gasteiger partial charge >= 0.3 is 0 Å². The minimum Gasteiger partial charge on any atom is -0.368 e. The zero-order valence-corrected chi connectivity index (χ0v) is 8.44. The van der Waals surface area contributed by atoms with Crippen molar-refractivity contribution in [2.45, 2.75) is 30.5 Å². The second-order valence-electron chi connectivity index (χ2n) is 2.72. The Bertz CT molecular complexity index is 293. The number of nitrogens with two attached hydrogens (primary N) is 1. The Balaban J connectivity index is 2.81. The van der Waals surface area contributed by atoms with Gasteiger partial charge in [0.1, 0.15) is 5.03 Å². The minimum absolute atomic E-state index is 0.118. The van der Waals surface area contributed by atoms with Gasteiger partial charge in [0.2, 0.25) is 5.95 Å². The van der Waals surface area contributed by atoms with Crippen LogP contribution in [-0.4, -0.2) is 15.2 Å². The molecule has 0 saturated carbocycles. The highest BCUT2D eigenvalue weighted by atomic mass is 32.2. The lowest BCUT2D eigenvalue weighted by Crippen LogP contribution is -2.01. The molecule has 0 bridgehead atoms. The Morgan fingerprint density at radius 1 is 1.69 bits per heavy atom. The number of hydrogen-bond donors (Lipinski definition) is 1. The molecule has 0 amide bonds. The molecule has 1 atom stereocenters. The van der Waals surface area contributed by atoms with Gasteiger partial charge in [-0.15, -0.1) is 11.8 Å². The summed E-state index contributed by atoms with van der Waals surface area (Å²) in [4.78, 5) is 7.37. The molecule has 2 N–H and O–H groups in total. The van der Waals surface area contributed by atoms with Crippen LogP contribution in [0.5, 0.6) is 0 Å². The predicted octanol–water partition coefficient (Wildman–Crippen LogP) is 2.09. The molecular formula is C8H12FN3S. The molecule has 3 nitrogen and oxygen atoms in total. The van der Waals surface area contributed by atoms with Gasteiger partial charge in [-0.25, -0.2) is 14.4 Å². The second kappa shape index (κ2) is 4.41. The molecule has 13 heavy (non-hydrogen) atoms. The van der Waals surface area contributed by atoms with Crippen molar-refractivity contribution >= 4 is 17.7 Å². The number of anilines is 1. The van der Waals surface area contributed by atoms with E-state index < -0.39 is 5.82 Å². The first-order chi connectivity index (χ1) is 6.13. The lowest BCUT2D eigenvalue weighted by molar-refractivity contribution is 0.580. The SMILES string of the molecule is CCC(C)Sc1nc(N)ncc1F. The van der Waals surface area contributed by atoms with Crippen LogP contribution in [0.4, 0.5) is 10.3 Å². The van der Waals surface area contributed by atoms with E-state index in [9.17, 15) is 4.39 Å². The Morgan fingerprint density at radius 3 is 3.00 bits per heavy atom. The van der Waals surface area contributed by atoms with Gasteiger partial charge in [0.15, 0.2) is 5.82 Å². The van der Waals surface area contributed by atoms with Gasteiger partial charge < -0.3 is 5.73 Å². The van der Waals surface area contributed by atoms with Crippen LogP contribution >= 0.6 is 11.8 Å². The first kappa shape index (κ1) is 10.2. The van der Waals surface area contributed by atoms with Gasteiger partial charge in [-0.2, -0.15) is 0 Å². The van der Waals surface area contributed by atoms with Crippen molar-refractivity contribution in [3.8, 4) is 0 Å². The second-order valence-corrected chi connectivity index (χ2v) is 4.15. The van der Waals surface area contributed by atoms with Crippen molar-refractivity contribution in [3.05, 3.63) is 12.0 Å². The van der Waals surface area contributed by atoms with Crippen molar-refractivity contribution < 1.29 is 4.39 Å². The molecule has 1 aromatic heterocycles. The molecule has 0 aliphatic carbocycles. The van der Waals surface area contributed by atoms with E-state index >= 15 is 0 Å². The molecule has 5 heteroatoms. The molecule has 0 fully saturated rings. The standard InChI is InChI=1S/C8H12FN3S/c1-3-5(2)13-7-6(9)4-11-8(10)12-7/h4-5H,3H2,1-2H3,(H2,10,11,12). The number of thioether (sulfide) groups is 1. The summed E-state index contributed by atoms with van der Waals surface area (Å²) in [6, 6.07) is 0. The molecule has 1 rings (SSSR count). The van der Waals surface area contributed by atoms with Gasteiger partial charge in [0.05, 0.1) is 6.20 Å². The first-order valence-electron chi connectivity index (χ1n) is 4.08. The van der Waals surface area contributed by atoms with Crippen LogP contribution in [0, 0.1) is 5.82 Å². The monoisotopic (exact) mass is 201 g/mol. The van der Waals surface area contributed by atoms with E-state index in [-0.39, 0.29) is 5.95 Å². The average molecular weight is 201 g/mol. The molecule has 0 spiro atoms. The van der Waals surface area contributed by atoms with Gasteiger partial charge in [-0.1, -0.05) is 13.8 Å². The first-order valence-corrected chi connectivity index (χ1v) is 4.96. The summed E-state index contributed by atoms with van der Waals surface area (Å²) in [7, 11) is 0. The van der Waals surface area contributed by atoms with Crippen LogP contribution in [-0.2, 0) is 0 Å². The van der Waals surface area contributed by atoms with Crippen molar-refractivity contribution in [3.63, 3.8) is 0 Å². The zero-order valence-electron chi connectivity index (χ0n) is 7.62. The molecule has 1 unspecified atom stereocenters. The van der Waals surface area contributed by atoms with Gasteiger partial charge in [0, 0.05) is 5.25 Å². The maximum atomic E-state index is 13.1. The van der Waals surface area contributed by atoms with Gasteiger partial charge in [0.25, 0.3) is 0 Å². The molecule has 0 saturated heterocycles. The third kappa shape index (κ3) is 2.84. The molecule has 0 aromatic carbocycles. The normalized spacial score (nSPS) is 12.8. The molecule has 0 aliphatic heterocycles. The number of hydrogen-bond acceptors (Lipinski definition) is 4. The summed E-state index contributed by atoms with van der Waals surface area (Å²) in [6.07, 6.45) is 2.07. The van der Waals surface area contributed by atoms with E-state index in [1.807, 2.05) is 13.8 Å². The Hall–Kier alpha value is -0.840. The maximum Gasteiger partial charge on any atom is 0.221 e. The summed E-state index contributed by atoms with van der Waals surface area (Å²) in [6.45, 7) is 4.06. The number of rotatable bonds is 3. The van der Waals surface area contributed by atoms with E-state index in [1.165, 1.54) is 11.8 Å².